The number of hydrogen-bond acceptors (Lipinski definition) is 2. The van der Waals surface area contributed by atoms with Gasteiger partial charge in [0.05, 0.1) is 6.04 Å². The van der Waals surface area contributed by atoms with Crippen LogP contribution >= 0.6 is 11.6 Å². The lowest BCUT2D eigenvalue weighted by Crippen LogP contribution is -2.41. The van der Waals surface area contributed by atoms with Crippen LogP contribution in [0.2, 0.25) is 5.02 Å². The van der Waals surface area contributed by atoms with Crippen molar-refractivity contribution in [3.63, 3.8) is 0 Å². The molecule has 2 atom stereocenters. The van der Waals surface area contributed by atoms with Gasteiger partial charge in [-0.2, -0.15) is 0 Å². The second-order valence-electron chi connectivity index (χ2n) is 7.74. The average molecular weight is 398 g/mol. The van der Waals surface area contributed by atoms with Crippen molar-refractivity contribution in [2.45, 2.75) is 31.2 Å². The quantitative estimate of drug-likeness (QED) is 0.847. The zero-order chi connectivity index (χ0) is 19.8. The van der Waals surface area contributed by atoms with Crippen LogP contribution in [0.15, 0.2) is 42.5 Å². The third kappa shape index (κ3) is 3.47. The van der Waals surface area contributed by atoms with Gasteiger partial charge < -0.3 is 10.2 Å². The van der Waals surface area contributed by atoms with Gasteiger partial charge in [-0.05, 0) is 47.7 Å². The van der Waals surface area contributed by atoms with Crippen LogP contribution in [0.1, 0.15) is 41.5 Å². The number of nitrogens with one attached hydrogen (secondary N) is 1. The minimum absolute atomic E-state index is 0.0295. The van der Waals surface area contributed by atoms with Crippen molar-refractivity contribution in [2.75, 3.05) is 25.5 Å². The van der Waals surface area contributed by atoms with Crippen LogP contribution in [0.25, 0.3) is 0 Å². The Kier molecular flexibility index (Phi) is 5.02. The lowest BCUT2D eigenvalue weighted by molar-refractivity contribution is -0.129. The van der Waals surface area contributed by atoms with E-state index in [9.17, 15) is 9.59 Å². The Labute approximate surface area is 170 Å². The van der Waals surface area contributed by atoms with Crippen LogP contribution in [-0.4, -0.2) is 37.5 Å². The van der Waals surface area contributed by atoms with Gasteiger partial charge in [0.15, 0.2) is 0 Å². The predicted molar refractivity (Wildman–Crippen MR) is 111 cm³/mol. The summed E-state index contributed by atoms with van der Waals surface area (Å²) >= 11 is 6.19. The number of carbonyl (C=O) groups excluding carboxylic acids is 2. The molecule has 2 unspecified atom stereocenters. The van der Waals surface area contributed by atoms with Gasteiger partial charge in [0.1, 0.15) is 0 Å². The maximum atomic E-state index is 13.1. The first-order chi connectivity index (χ1) is 13.4. The summed E-state index contributed by atoms with van der Waals surface area (Å²) in [5, 5.41) is 3.81. The molecule has 5 nitrogen and oxygen atoms in total. The molecule has 1 aliphatic heterocycles. The molecule has 28 heavy (non-hydrogen) atoms. The molecule has 0 radical (unpaired) electrons. The third-order valence-electron chi connectivity index (χ3n) is 5.72. The summed E-state index contributed by atoms with van der Waals surface area (Å²) in [5.41, 5.74) is 4.30. The van der Waals surface area contributed by atoms with E-state index >= 15 is 0 Å². The fourth-order valence-corrected chi connectivity index (χ4v) is 4.39. The molecule has 1 aliphatic carbocycles. The Morgan fingerprint density at radius 2 is 1.96 bits per heavy atom. The molecule has 1 N–H and O–H groups in total. The molecule has 1 heterocycles. The summed E-state index contributed by atoms with van der Waals surface area (Å²) in [6, 6.07) is 13.7. The Morgan fingerprint density at radius 3 is 2.75 bits per heavy atom. The normalized spacial score (nSPS) is 19.9. The van der Waals surface area contributed by atoms with Crippen molar-refractivity contribution in [2.24, 2.45) is 0 Å². The summed E-state index contributed by atoms with van der Waals surface area (Å²) < 4.78 is 0. The molecule has 2 aromatic rings. The molecule has 4 rings (SSSR count). The maximum Gasteiger partial charge on any atom is 0.322 e. The summed E-state index contributed by atoms with van der Waals surface area (Å²) in [4.78, 5) is 28.7. The predicted octanol–water partition coefficient (Wildman–Crippen LogP) is 4.12. The van der Waals surface area contributed by atoms with E-state index in [1.807, 2.05) is 24.3 Å². The monoisotopic (exact) mass is 397 g/mol. The number of amides is 3. The Bertz CT molecular complexity index is 928. The van der Waals surface area contributed by atoms with E-state index in [-0.39, 0.29) is 23.9 Å². The molecule has 6 heteroatoms. The molecule has 2 aromatic carbocycles. The Morgan fingerprint density at radius 1 is 1.18 bits per heavy atom. The minimum atomic E-state index is -0.120. The van der Waals surface area contributed by atoms with Gasteiger partial charge in [0.2, 0.25) is 5.91 Å². The number of aryl methyl sites for hydroxylation is 1. The number of hydrogen-bond donors (Lipinski definition) is 1. The van der Waals surface area contributed by atoms with Gasteiger partial charge in [-0.15, -0.1) is 0 Å². The summed E-state index contributed by atoms with van der Waals surface area (Å²) in [5.74, 6) is -0.00637. The van der Waals surface area contributed by atoms with Crippen molar-refractivity contribution >= 4 is 29.2 Å². The van der Waals surface area contributed by atoms with Crippen LogP contribution in [0, 0.1) is 0 Å². The first kappa shape index (κ1) is 18.8. The highest BCUT2D eigenvalue weighted by atomic mass is 35.5. The van der Waals surface area contributed by atoms with Crippen LogP contribution in [0.3, 0.4) is 0 Å². The van der Waals surface area contributed by atoms with E-state index in [0.29, 0.717) is 18.0 Å². The highest BCUT2D eigenvalue weighted by Crippen LogP contribution is 2.40. The second kappa shape index (κ2) is 7.47. The van der Waals surface area contributed by atoms with E-state index in [1.54, 1.807) is 30.0 Å². The molecule has 2 aliphatic rings. The molecule has 146 valence electrons. The van der Waals surface area contributed by atoms with Crippen LogP contribution < -0.4 is 10.2 Å². The third-order valence-corrected chi connectivity index (χ3v) is 5.95. The summed E-state index contributed by atoms with van der Waals surface area (Å²) in [6.07, 6.45) is 2.25. The molecule has 0 bridgehead atoms. The standard InChI is InChI=1S/C22H24ClN3O2/c1-25(2)21(27)11-15-13-26(20-10-8-16(23)12-18(15)20)22(28)24-19-9-7-14-5-3-4-6-17(14)19/h3-6,8,10,12,15,19H,7,9,11,13H2,1-2H3,(H,24,28). The van der Waals surface area contributed by atoms with E-state index < -0.39 is 0 Å². The van der Waals surface area contributed by atoms with Crippen molar-refractivity contribution in [1.82, 2.24) is 10.2 Å². The van der Waals surface area contributed by atoms with Gasteiger partial charge in [-0.25, -0.2) is 4.79 Å². The fourth-order valence-electron chi connectivity index (χ4n) is 4.21. The highest BCUT2D eigenvalue weighted by Gasteiger charge is 2.35. The van der Waals surface area contributed by atoms with Crippen molar-refractivity contribution in [3.8, 4) is 0 Å². The van der Waals surface area contributed by atoms with Gasteiger partial charge >= 0.3 is 6.03 Å². The number of halogens is 1. The Hall–Kier alpha value is -2.53. The van der Waals surface area contributed by atoms with E-state index in [0.717, 1.165) is 24.1 Å². The van der Waals surface area contributed by atoms with Crippen LogP contribution in [0.4, 0.5) is 10.5 Å². The molecule has 0 spiro atoms. The SMILES string of the molecule is CN(C)C(=O)CC1CN(C(=O)NC2CCc3ccccc32)c2ccc(Cl)cc21. The first-order valence-corrected chi connectivity index (χ1v) is 9.97. The molecule has 3 amide bonds. The molecule has 0 aromatic heterocycles. The lowest BCUT2D eigenvalue weighted by Gasteiger charge is -2.22. The summed E-state index contributed by atoms with van der Waals surface area (Å²) in [6.45, 7) is 0.482. The number of benzene rings is 2. The van der Waals surface area contributed by atoms with E-state index in [2.05, 4.69) is 17.4 Å². The zero-order valence-electron chi connectivity index (χ0n) is 16.1. The summed E-state index contributed by atoms with van der Waals surface area (Å²) in [7, 11) is 3.50. The number of carbonyl (C=O) groups is 2. The van der Waals surface area contributed by atoms with E-state index in [4.69, 9.17) is 11.6 Å². The number of anilines is 1. The van der Waals surface area contributed by atoms with Crippen molar-refractivity contribution < 1.29 is 9.59 Å². The Balaban J connectivity index is 1.55. The van der Waals surface area contributed by atoms with Crippen molar-refractivity contribution in [3.05, 3.63) is 64.2 Å². The number of nitrogens with zero attached hydrogens (tertiary/aromatic N) is 2. The fraction of sp³-hybridized carbons (Fsp3) is 0.364. The average Bonchev–Trinajstić information content (AvgIpc) is 3.23. The maximum absolute atomic E-state index is 13.1. The lowest BCUT2D eigenvalue weighted by atomic mass is 9.97. The largest absolute Gasteiger partial charge is 0.349 e. The number of rotatable bonds is 3. The highest BCUT2D eigenvalue weighted by molar-refractivity contribution is 6.30. The topological polar surface area (TPSA) is 52.7 Å². The number of fused-ring (bicyclic) bond motifs is 2. The van der Waals surface area contributed by atoms with Gasteiger partial charge in [-0.3, -0.25) is 9.69 Å². The molecule has 0 fully saturated rings. The first-order valence-electron chi connectivity index (χ1n) is 9.59. The van der Waals surface area contributed by atoms with E-state index in [1.165, 1.54) is 11.1 Å². The minimum Gasteiger partial charge on any atom is -0.349 e. The zero-order valence-corrected chi connectivity index (χ0v) is 16.9. The van der Waals surface area contributed by atoms with Crippen LogP contribution in [0.5, 0.6) is 0 Å². The second-order valence-corrected chi connectivity index (χ2v) is 8.18. The van der Waals surface area contributed by atoms with Crippen molar-refractivity contribution in [1.29, 1.82) is 0 Å². The molecular formula is C22H24ClN3O2. The molecule has 0 saturated carbocycles. The molecular weight excluding hydrogens is 374 g/mol. The van der Waals surface area contributed by atoms with Crippen LogP contribution in [-0.2, 0) is 11.2 Å². The van der Waals surface area contributed by atoms with Gasteiger partial charge in [0.25, 0.3) is 0 Å². The smallest absolute Gasteiger partial charge is 0.322 e. The van der Waals surface area contributed by atoms with Gasteiger partial charge in [-0.1, -0.05) is 35.9 Å². The number of urea groups is 1. The van der Waals surface area contributed by atoms with Gasteiger partial charge in [0, 0.05) is 43.7 Å². The molecule has 0 saturated heterocycles.